The molecule has 0 fully saturated rings. The number of H-pyrrole nitrogens is 1. The Balaban J connectivity index is 2.02. The van der Waals surface area contributed by atoms with Crippen LogP contribution in [-0.4, -0.2) is 39.0 Å². The number of halogens is 2. The molecule has 1 N–H and O–H groups in total. The van der Waals surface area contributed by atoms with E-state index in [9.17, 15) is 14.4 Å². The highest BCUT2D eigenvalue weighted by Gasteiger charge is 2.29. The zero-order valence-electron chi connectivity index (χ0n) is 20.0. The highest BCUT2D eigenvalue weighted by atomic mass is 35.5. The van der Waals surface area contributed by atoms with Crippen LogP contribution in [0.2, 0.25) is 10.0 Å². The van der Waals surface area contributed by atoms with Gasteiger partial charge in [-0.25, -0.2) is 4.68 Å². The van der Waals surface area contributed by atoms with E-state index >= 15 is 0 Å². The summed E-state index contributed by atoms with van der Waals surface area (Å²) in [6.45, 7) is 9.33. The lowest BCUT2D eigenvalue weighted by atomic mass is 10.0. The quantitative estimate of drug-likeness (QED) is 0.383. The first-order valence-electron chi connectivity index (χ1n) is 11.3. The number of carbonyl (C=O) groups excluding carboxylic acids is 2. The minimum atomic E-state index is -0.432. The second kappa shape index (κ2) is 10.6. The lowest BCUT2D eigenvalue weighted by Crippen LogP contribution is -2.43. The van der Waals surface area contributed by atoms with E-state index in [-0.39, 0.29) is 40.6 Å². The van der Waals surface area contributed by atoms with E-state index in [4.69, 9.17) is 23.2 Å². The Morgan fingerprint density at radius 2 is 1.71 bits per heavy atom. The molecule has 0 radical (unpaired) electrons. The Bertz CT molecular complexity index is 1260. The molecule has 0 bridgehead atoms. The third-order valence-corrected chi connectivity index (χ3v) is 6.47. The number of ketones is 1. The van der Waals surface area contributed by atoms with E-state index in [2.05, 4.69) is 5.10 Å². The summed E-state index contributed by atoms with van der Waals surface area (Å²) in [6.07, 6.45) is 0.627. The van der Waals surface area contributed by atoms with Crippen molar-refractivity contribution in [1.29, 1.82) is 0 Å². The molecular weight excluding hydrogens is 473 g/mol. The minimum Gasteiger partial charge on any atom is -0.328 e. The number of nitrogens with zero attached hydrogens (tertiary/aromatic N) is 2. The Labute approximate surface area is 209 Å². The van der Waals surface area contributed by atoms with Crippen LogP contribution in [0.15, 0.2) is 47.3 Å². The molecule has 0 spiro atoms. The molecule has 34 heavy (non-hydrogen) atoms. The van der Waals surface area contributed by atoms with Crippen molar-refractivity contribution in [3.63, 3.8) is 0 Å². The molecule has 0 aliphatic carbocycles. The molecule has 1 heterocycles. The van der Waals surface area contributed by atoms with Crippen LogP contribution in [0.4, 0.5) is 0 Å². The average molecular weight is 502 g/mol. The predicted molar refractivity (Wildman–Crippen MR) is 137 cm³/mol. The number of carbonyl (C=O) groups is 2. The van der Waals surface area contributed by atoms with Crippen LogP contribution in [0.3, 0.4) is 0 Å². The van der Waals surface area contributed by atoms with Gasteiger partial charge in [-0.2, -0.15) is 0 Å². The van der Waals surface area contributed by atoms with E-state index < -0.39 is 11.3 Å². The SMILES string of the molecule is CCC(C)N(CC(=O)c1c(C(C)C)[nH]n(-c2ccc(C)cc2)c1=O)C(=O)c1ccc(Cl)cc1Cl. The van der Waals surface area contributed by atoms with Crippen LogP contribution in [0.25, 0.3) is 5.69 Å². The molecule has 8 heteroatoms. The minimum absolute atomic E-state index is 0.0684. The maximum atomic E-state index is 13.5. The second-order valence-corrected chi connectivity index (χ2v) is 9.61. The Morgan fingerprint density at radius 3 is 2.26 bits per heavy atom. The van der Waals surface area contributed by atoms with Gasteiger partial charge in [0.1, 0.15) is 5.56 Å². The van der Waals surface area contributed by atoms with E-state index in [0.717, 1.165) is 5.56 Å². The van der Waals surface area contributed by atoms with Gasteiger partial charge in [0.15, 0.2) is 5.78 Å². The van der Waals surface area contributed by atoms with E-state index in [1.165, 1.54) is 15.6 Å². The van der Waals surface area contributed by atoms with Gasteiger partial charge in [0.2, 0.25) is 0 Å². The van der Waals surface area contributed by atoms with E-state index in [0.29, 0.717) is 22.8 Å². The number of aromatic amines is 1. The van der Waals surface area contributed by atoms with Gasteiger partial charge < -0.3 is 4.90 Å². The number of hydrogen-bond donors (Lipinski definition) is 1. The topological polar surface area (TPSA) is 75.2 Å². The monoisotopic (exact) mass is 501 g/mol. The fourth-order valence-electron chi connectivity index (χ4n) is 3.72. The Kier molecular flexibility index (Phi) is 8.05. The zero-order chi connectivity index (χ0) is 25.2. The molecular formula is C26H29Cl2N3O3. The van der Waals surface area contributed by atoms with Gasteiger partial charge in [-0.1, -0.05) is 61.7 Å². The summed E-state index contributed by atoms with van der Waals surface area (Å²) in [4.78, 5) is 41.7. The lowest BCUT2D eigenvalue weighted by molar-refractivity contribution is 0.0645. The van der Waals surface area contributed by atoms with Crippen LogP contribution >= 0.6 is 23.2 Å². The molecule has 180 valence electrons. The predicted octanol–water partition coefficient (Wildman–Crippen LogP) is 6.03. The van der Waals surface area contributed by atoms with Gasteiger partial charge in [-0.3, -0.25) is 19.5 Å². The van der Waals surface area contributed by atoms with Crippen molar-refractivity contribution in [2.45, 2.75) is 53.0 Å². The van der Waals surface area contributed by atoms with Gasteiger partial charge in [-0.15, -0.1) is 0 Å². The van der Waals surface area contributed by atoms with Gasteiger partial charge >= 0.3 is 0 Å². The molecule has 1 amide bonds. The third kappa shape index (κ3) is 5.29. The smallest absolute Gasteiger partial charge is 0.282 e. The van der Waals surface area contributed by atoms with Crippen molar-refractivity contribution in [2.24, 2.45) is 0 Å². The summed E-state index contributed by atoms with van der Waals surface area (Å²) in [7, 11) is 0. The van der Waals surface area contributed by atoms with Gasteiger partial charge in [0.05, 0.1) is 28.5 Å². The summed E-state index contributed by atoms with van der Waals surface area (Å²) >= 11 is 12.2. The van der Waals surface area contributed by atoms with E-state index in [1.807, 2.05) is 58.9 Å². The maximum Gasteiger partial charge on any atom is 0.282 e. The highest BCUT2D eigenvalue weighted by Crippen LogP contribution is 2.24. The number of aromatic nitrogens is 2. The molecule has 0 saturated carbocycles. The summed E-state index contributed by atoms with van der Waals surface area (Å²) in [5.74, 6) is -0.906. The van der Waals surface area contributed by atoms with Crippen LogP contribution in [0.1, 0.15) is 72.0 Å². The third-order valence-electron chi connectivity index (χ3n) is 5.93. The molecule has 6 nitrogen and oxygen atoms in total. The zero-order valence-corrected chi connectivity index (χ0v) is 21.5. The van der Waals surface area contributed by atoms with Crippen LogP contribution in [0, 0.1) is 6.92 Å². The molecule has 3 aromatic rings. The molecule has 1 unspecified atom stereocenters. The van der Waals surface area contributed by atoms with Gasteiger partial charge in [0.25, 0.3) is 11.5 Å². The second-order valence-electron chi connectivity index (χ2n) is 8.77. The van der Waals surface area contributed by atoms with Crippen molar-refractivity contribution in [1.82, 2.24) is 14.7 Å². The van der Waals surface area contributed by atoms with Crippen molar-refractivity contribution < 1.29 is 9.59 Å². The summed E-state index contributed by atoms with van der Waals surface area (Å²) in [6, 6.07) is 11.8. The molecule has 0 saturated heterocycles. The summed E-state index contributed by atoms with van der Waals surface area (Å²) in [5, 5.41) is 3.73. The summed E-state index contributed by atoms with van der Waals surface area (Å²) < 4.78 is 1.38. The molecule has 0 aliphatic heterocycles. The number of nitrogens with one attached hydrogen (secondary N) is 1. The maximum absolute atomic E-state index is 13.5. The number of amides is 1. The molecule has 1 atom stereocenters. The standard InChI is InChI=1S/C26H29Cl2N3O3/c1-6-17(5)30(25(33)20-12-9-18(27)13-21(20)28)14-22(32)23-24(15(2)3)29-31(26(23)34)19-10-7-16(4)8-11-19/h7-13,15,17,29H,6,14H2,1-5H3. The van der Waals surface area contributed by atoms with Crippen molar-refractivity contribution in [3.8, 4) is 5.69 Å². The molecule has 0 aliphatic rings. The van der Waals surface area contributed by atoms with E-state index in [1.54, 1.807) is 12.1 Å². The van der Waals surface area contributed by atoms with Crippen LogP contribution < -0.4 is 5.56 Å². The number of benzene rings is 2. The summed E-state index contributed by atoms with van der Waals surface area (Å²) in [5.41, 5.74) is 2.13. The first kappa shape index (κ1) is 25.8. The Hall–Kier alpha value is -2.83. The Morgan fingerprint density at radius 1 is 1.06 bits per heavy atom. The van der Waals surface area contributed by atoms with Gasteiger partial charge in [-0.05, 0) is 56.5 Å². The number of aryl methyl sites for hydroxylation is 1. The number of rotatable bonds is 8. The van der Waals surface area contributed by atoms with Crippen molar-refractivity contribution in [2.75, 3.05) is 6.54 Å². The molecule has 3 rings (SSSR count). The first-order valence-corrected chi connectivity index (χ1v) is 12.0. The highest BCUT2D eigenvalue weighted by molar-refractivity contribution is 6.36. The fraction of sp³-hybridized carbons (Fsp3) is 0.346. The van der Waals surface area contributed by atoms with Crippen LogP contribution in [0.5, 0.6) is 0 Å². The normalized spacial score (nSPS) is 12.1. The first-order chi connectivity index (χ1) is 16.0. The molecule has 1 aromatic heterocycles. The number of Topliss-reactive ketones (excluding diaryl/α,β-unsaturated/α-hetero) is 1. The van der Waals surface area contributed by atoms with Gasteiger partial charge in [0, 0.05) is 11.1 Å². The van der Waals surface area contributed by atoms with Crippen LogP contribution in [-0.2, 0) is 0 Å². The van der Waals surface area contributed by atoms with Crippen molar-refractivity contribution >= 4 is 34.9 Å². The largest absolute Gasteiger partial charge is 0.328 e. The van der Waals surface area contributed by atoms with Crippen molar-refractivity contribution in [3.05, 3.63) is 85.2 Å². The lowest BCUT2D eigenvalue weighted by Gasteiger charge is -2.28. The average Bonchev–Trinajstić information content (AvgIpc) is 3.14. The number of hydrogen-bond acceptors (Lipinski definition) is 3. The fourth-order valence-corrected chi connectivity index (χ4v) is 4.21. The molecule has 2 aromatic carbocycles.